The highest BCUT2D eigenvalue weighted by atomic mass is 16.5. The molecule has 0 aliphatic heterocycles. The number of ether oxygens (including phenoxy) is 2. The summed E-state index contributed by atoms with van der Waals surface area (Å²) in [6.07, 6.45) is 2.27. The van der Waals surface area contributed by atoms with E-state index in [2.05, 4.69) is 5.32 Å². The second kappa shape index (κ2) is 11.8. The van der Waals surface area contributed by atoms with Crippen LogP contribution in [0.5, 0.6) is 11.5 Å². The number of carboxylic acid groups (broad SMARTS) is 1. The average Bonchev–Trinajstić information content (AvgIpc) is 2.72. The highest BCUT2D eigenvalue weighted by Gasteiger charge is 2.06. The SMILES string of the molecule is CC=C(CCNCC(O)COc1ccccc1)c1ccc(OCC(=O)O)cc1. The fourth-order valence-electron chi connectivity index (χ4n) is 2.63. The Morgan fingerprint density at radius 1 is 1.07 bits per heavy atom. The molecule has 3 N–H and O–H groups in total. The Bertz CT molecular complexity index is 743. The van der Waals surface area contributed by atoms with Crippen molar-refractivity contribution < 1.29 is 24.5 Å². The molecule has 0 aliphatic rings. The van der Waals surface area contributed by atoms with Crippen molar-refractivity contribution >= 4 is 11.5 Å². The van der Waals surface area contributed by atoms with Gasteiger partial charge in [0.1, 0.15) is 24.2 Å². The van der Waals surface area contributed by atoms with Crippen molar-refractivity contribution in [1.29, 1.82) is 0 Å². The first-order valence-corrected chi connectivity index (χ1v) is 9.25. The lowest BCUT2D eigenvalue weighted by Gasteiger charge is -2.14. The summed E-state index contributed by atoms with van der Waals surface area (Å²) in [5, 5.41) is 21.9. The molecular weight excluding hydrogens is 358 g/mol. The molecular formula is C22H27NO5. The van der Waals surface area contributed by atoms with E-state index in [1.165, 1.54) is 0 Å². The Morgan fingerprint density at radius 2 is 1.75 bits per heavy atom. The predicted molar refractivity (Wildman–Crippen MR) is 109 cm³/mol. The zero-order valence-corrected chi connectivity index (χ0v) is 16.0. The van der Waals surface area contributed by atoms with Gasteiger partial charge in [0.2, 0.25) is 0 Å². The number of para-hydroxylation sites is 1. The number of carboxylic acids is 1. The van der Waals surface area contributed by atoms with Gasteiger partial charge < -0.3 is 25.0 Å². The topological polar surface area (TPSA) is 88.0 Å². The molecule has 0 saturated carbocycles. The van der Waals surface area contributed by atoms with Gasteiger partial charge in [-0.05, 0) is 55.3 Å². The molecule has 28 heavy (non-hydrogen) atoms. The highest BCUT2D eigenvalue weighted by molar-refractivity contribution is 5.69. The highest BCUT2D eigenvalue weighted by Crippen LogP contribution is 2.21. The van der Waals surface area contributed by atoms with Crippen LogP contribution in [0.4, 0.5) is 0 Å². The maximum absolute atomic E-state index is 10.5. The van der Waals surface area contributed by atoms with Crippen molar-refractivity contribution in [3.63, 3.8) is 0 Å². The third-order valence-corrected chi connectivity index (χ3v) is 4.07. The molecule has 6 nitrogen and oxygen atoms in total. The number of benzene rings is 2. The van der Waals surface area contributed by atoms with Crippen LogP contribution in [-0.4, -0.2) is 48.6 Å². The van der Waals surface area contributed by atoms with E-state index in [1.807, 2.05) is 55.5 Å². The quantitative estimate of drug-likeness (QED) is 0.487. The summed E-state index contributed by atoms with van der Waals surface area (Å²) < 4.78 is 10.7. The number of hydrogen-bond acceptors (Lipinski definition) is 5. The smallest absolute Gasteiger partial charge is 0.341 e. The Labute approximate surface area is 165 Å². The van der Waals surface area contributed by atoms with Crippen LogP contribution >= 0.6 is 0 Å². The van der Waals surface area contributed by atoms with E-state index in [-0.39, 0.29) is 13.2 Å². The van der Waals surface area contributed by atoms with Crippen LogP contribution in [0.25, 0.3) is 5.57 Å². The third kappa shape index (κ3) is 7.82. The molecule has 0 saturated heterocycles. The molecule has 0 radical (unpaired) electrons. The number of rotatable bonds is 12. The number of aliphatic hydroxyl groups is 1. The van der Waals surface area contributed by atoms with Gasteiger partial charge >= 0.3 is 5.97 Å². The monoisotopic (exact) mass is 385 g/mol. The number of aliphatic hydroxyl groups excluding tert-OH is 1. The largest absolute Gasteiger partial charge is 0.491 e. The minimum Gasteiger partial charge on any atom is -0.491 e. The van der Waals surface area contributed by atoms with Crippen LogP contribution in [0.15, 0.2) is 60.7 Å². The number of allylic oxidation sites excluding steroid dienone is 1. The second-order valence-corrected chi connectivity index (χ2v) is 6.25. The molecule has 2 aromatic carbocycles. The van der Waals surface area contributed by atoms with E-state index in [4.69, 9.17) is 14.6 Å². The van der Waals surface area contributed by atoms with Crippen molar-refractivity contribution in [2.75, 3.05) is 26.3 Å². The van der Waals surface area contributed by atoms with E-state index in [1.54, 1.807) is 12.1 Å². The van der Waals surface area contributed by atoms with Crippen LogP contribution in [0.1, 0.15) is 18.9 Å². The van der Waals surface area contributed by atoms with Crippen LogP contribution in [0.2, 0.25) is 0 Å². The summed E-state index contributed by atoms with van der Waals surface area (Å²) in [4.78, 5) is 10.5. The van der Waals surface area contributed by atoms with Gasteiger partial charge in [-0.1, -0.05) is 36.4 Å². The number of carbonyl (C=O) groups is 1. The van der Waals surface area contributed by atoms with Gasteiger partial charge in [0.15, 0.2) is 6.61 Å². The Hall–Kier alpha value is -2.83. The van der Waals surface area contributed by atoms with Crippen LogP contribution in [0, 0.1) is 0 Å². The van der Waals surface area contributed by atoms with Crippen molar-refractivity contribution in [2.45, 2.75) is 19.4 Å². The fraction of sp³-hybridized carbons (Fsp3) is 0.318. The third-order valence-electron chi connectivity index (χ3n) is 4.07. The molecule has 2 rings (SSSR count). The van der Waals surface area contributed by atoms with Crippen molar-refractivity contribution in [3.8, 4) is 11.5 Å². The molecule has 0 aliphatic carbocycles. The average molecular weight is 385 g/mol. The fourth-order valence-corrected chi connectivity index (χ4v) is 2.63. The summed E-state index contributed by atoms with van der Waals surface area (Å²) in [6, 6.07) is 16.8. The summed E-state index contributed by atoms with van der Waals surface area (Å²) >= 11 is 0. The molecule has 1 atom stereocenters. The molecule has 1 unspecified atom stereocenters. The molecule has 150 valence electrons. The van der Waals surface area contributed by atoms with Crippen LogP contribution < -0.4 is 14.8 Å². The van der Waals surface area contributed by atoms with Gasteiger partial charge in [-0.2, -0.15) is 0 Å². The number of aliphatic carboxylic acids is 1. The standard InChI is InChI=1S/C22H27NO5/c1-2-17(18-8-10-21(11-9-18)28-16-22(25)26)12-13-23-14-19(24)15-27-20-6-4-3-5-7-20/h2-11,19,23-24H,12-16H2,1H3,(H,25,26). The number of hydrogen-bond donors (Lipinski definition) is 3. The minimum absolute atomic E-state index is 0.241. The summed E-state index contributed by atoms with van der Waals surface area (Å²) in [6.45, 7) is 3.04. The predicted octanol–water partition coefficient (Wildman–Crippen LogP) is 2.97. The molecule has 0 amide bonds. The lowest BCUT2D eigenvalue weighted by Crippen LogP contribution is -2.32. The first-order chi connectivity index (χ1) is 13.6. The molecule has 0 heterocycles. The van der Waals surface area contributed by atoms with E-state index in [9.17, 15) is 9.90 Å². The Balaban J connectivity index is 1.69. The van der Waals surface area contributed by atoms with Gasteiger partial charge in [0, 0.05) is 6.54 Å². The summed E-state index contributed by atoms with van der Waals surface area (Å²) in [5.41, 5.74) is 2.22. The minimum atomic E-state index is -0.999. The zero-order chi connectivity index (χ0) is 20.2. The molecule has 2 aromatic rings. The Kier molecular flexibility index (Phi) is 9.04. The molecule has 6 heteroatoms. The van der Waals surface area contributed by atoms with Gasteiger partial charge in [0.25, 0.3) is 0 Å². The van der Waals surface area contributed by atoms with Crippen molar-refractivity contribution in [3.05, 3.63) is 66.2 Å². The van der Waals surface area contributed by atoms with Crippen molar-refractivity contribution in [1.82, 2.24) is 5.32 Å². The first kappa shape index (κ1) is 21.5. The molecule has 0 aromatic heterocycles. The van der Waals surface area contributed by atoms with Gasteiger partial charge in [-0.3, -0.25) is 0 Å². The maximum atomic E-state index is 10.5. The molecule has 0 fully saturated rings. The maximum Gasteiger partial charge on any atom is 0.341 e. The zero-order valence-electron chi connectivity index (χ0n) is 16.0. The van der Waals surface area contributed by atoms with E-state index < -0.39 is 12.1 Å². The number of nitrogens with one attached hydrogen (secondary N) is 1. The second-order valence-electron chi connectivity index (χ2n) is 6.25. The van der Waals surface area contributed by atoms with Gasteiger partial charge in [0.05, 0.1) is 0 Å². The Morgan fingerprint density at radius 3 is 2.39 bits per heavy atom. The lowest BCUT2D eigenvalue weighted by molar-refractivity contribution is -0.139. The first-order valence-electron chi connectivity index (χ1n) is 9.25. The van der Waals surface area contributed by atoms with Gasteiger partial charge in [-0.25, -0.2) is 4.79 Å². The van der Waals surface area contributed by atoms with Crippen LogP contribution in [-0.2, 0) is 4.79 Å². The van der Waals surface area contributed by atoms with Gasteiger partial charge in [-0.15, -0.1) is 0 Å². The lowest BCUT2D eigenvalue weighted by atomic mass is 10.0. The van der Waals surface area contributed by atoms with E-state index in [0.717, 1.165) is 29.9 Å². The summed E-state index contributed by atoms with van der Waals surface area (Å²) in [7, 11) is 0. The van der Waals surface area contributed by atoms with E-state index >= 15 is 0 Å². The molecule has 0 bridgehead atoms. The van der Waals surface area contributed by atoms with Crippen LogP contribution in [0.3, 0.4) is 0 Å². The van der Waals surface area contributed by atoms with E-state index in [0.29, 0.717) is 12.3 Å². The van der Waals surface area contributed by atoms with Crippen molar-refractivity contribution in [2.24, 2.45) is 0 Å². The normalized spacial score (nSPS) is 12.4. The summed E-state index contributed by atoms with van der Waals surface area (Å²) in [5.74, 6) is 0.274. The molecule has 0 spiro atoms.